The highest BCUT2D eigenvalue weighted by molar-refractivity contribution is 7.07. The number of likely N-dealkylation sites (tertiary alicyclic amines) is 1. The topological polar surface area (TPSA) is 34.0 Å². The molecule has 2 aromatic rings. The lowest BCUT2D eigenvalue weighted by molar-refractivity contribution is 0.193. The molecular weight excluding hydrogens is 256 g/mol. The van der Waals surface area contributed by atoms with Crippen molar-refractivity contribution < 1.29 is 0 Å². The van der Waals surface area contributed by atoms with Crippen molar-refractivity contribution in [1.29, 1.82) is 0 Å². The van der Waals surface area contributed by atoms with Crippen molar-refractivity contribution in [2.24, 2.45) is 7.05 Å². The highest BCUT2D eigenvalue weighted by Gasteiger charge is 2.24. The highest BCUT2D eigenvalue weighted by atomic mass is 32.1. The Morgan fingerprint density at radius 2 is 2.37 bits per heavy atom. The normalized spacial score (nSPS) is 20.8. The Kier molecular flexibility index (Phi) is 3.66. The molecule has 0 saturated carbocycles. The Labute approximate surface area is 118 Å². The fourth-order valence-electron chi connectivity index (χ4n) is 2.97. The molecule has 1 aliphatic rings. The Hall–Kier alpha value is -1.20. The zero-order chi connectivity index (χ0) is 13.2. The smallest absolute Gasteiger partial charge is 0.113 e. The van der Waals surface area contributed by atoms with E-state index in [0.29, 0.717) is 5.92 Å². The lowest BCUT2D eigenvalue weighted by atomic mass is 9.97. The minimum absolute atomic E-state index is 0.561. The summed E-state index contributed by atoms with van der Waals surface area (Å²) in [4.78, 5) is 11.6. The van der Waals surface area contributed by atoms with Crippen LogP contribution in [0.2, 0.25) is 0 Å². The fraction of sp³-hybridized carbons (Fsp3) is 0.571. The number of aryl methyl sites for hydroxylation is 2. The number of aromatic nitrogens is 3. The first-order valence-corrected chi connectivity index (χ1v) is 7.76. The van der Waals surface area contributed by atoms with E-state index in [0.717, 1.165) is 18.8 Å². The molecule has 102 valence electrons. The van der Waals surface area contributed by atoms with E-state index in [1.165, 1.54) is 30.9 Å². The summed E-state index contributed by atoms with van der Waals surface area (Å²) in [7, 11) is 2.11. The van der Waals surface area contributed by atoms with Crippen LogP contribution in [0.1, 0.15) is 36.0 Å². The van der Waals surface area contributed by atoms with Gasteiger partial charge in [0.25, 0.3) is 0 Å². The number of piperidine rings is 1. The summed E-state index contributed by atoms with van der Waals surface area (Å²) in [5.41, 5.74) is 4.23. The molecule has 0 bridgehead atoms. The van der Waals surface area contributed by atoms with Crippen LogP contribution in [0.25, 0.3) is 0 Å². The van der Waals surface area contributed by atoms with Crippen molar-refractivity contribution in [3.63, 3.8) is 0 Å². The molecule has 0 aromatic carbocycles. The molecule has 4 nitrogen and oxygen atoms in total. The van der Waals surface area contributed by atoms with Crippen molar-refractivity contribution in [3.05, 3.63) is 34.3 Å². The quantitative estimate of drug-likeness (QED) is 0.864. The van der Waals surface area contributed by atoms with Crippen LogP contribution < -0.4 is 0 Å². The van der Waals surface area contributed by atoms with E-state index in [9.17, 15) is 0 Å². The van der Waals surface area contributed by atoms with Crippen LogP contribution in [0.3, 0.4) is 0 Å². The van der Waals surface area contributed by atoms with Crippen molar-refractivity contribution in [3.8, 4) is 0 Å². The van der Waals surface area contributed by atoms with Crippen LogP contribution in [-0.2, 0) is 13.6 Å². The highest BCUT2D eigenvalue weighted by Crippen LogP contribution is 2.26. The number of imidazole rings is 1. The van der Waals surface area contributed by atoms with E-state index in [1.54, 1.807) is 11.3 Å². The molecule has 0 unspecified atom stereocenters. The van der Waals surface area contributed by atoms with Gasteiger partial charge < -0.3 is 4.57 Å². The van der Waals surface area contributed by atoms with Gasteiger partial charge in [-0.1, -0.05) is 0 Å². The third-order valence-electron chi connectivity index (χ3n) is 3.77. The summed E-state index contributed by atoms with van der Waals surface area (Å²) in [6, 6.07) is 0. The third kappa shape index (κ3) is 2.87. The molecule has 0 N–H and O–H groups in total. The van der Waals surface area contributed by atoms with Crippen molar-refractivity contribution in [1.82, 2.24) is 19.4 Å². The van der Waals surface area contributed by atoms with Gasteiger partial charge in [0.1, 0.15) is 5.82 Å². The lowest BCUT2D eigenvalue weighted by Gasteiger charge is -2.31. The van der Waals surface area contributed by atoms with Crippen LogP contribution in [0.5, 0.6) is 0 Å². The zero-order valence-corrected chi connectivity index (χ0v) is 12.4. The second kappa shape index (κ2) is 5.43. The molecule has 3 rings (SSSR count). The molecule has 1 saturated heterocycles. The summed E-state index contributed by atoms with van der Waals surface area (Å²) in [6.07, 6.45) is 4.62. The fourth-order valence-corrected chi connectivity index (χ4v) is 3.52. The van der Waals surface area contributed by atoms with Crippen LogP contribution >= 0.6 is 11.3 Å². The van der Waals surface area contributed by atoms with E-state index in [2.05, 4.69) is 45.0 Å². The van der Waals surface area contributed by atoms with Gasteiger partial charge in [-0.15, -0.1) is 11.3 Å². The molecule has 1 fully saturated rings. The molecule has 0 spiro atoms. The number of hydrogen-bond donors (Lipinski definition) is 0. The molecule has 0 amide bonds. The van der Waals surface area contributed by atoms with Crippen molar-refractivity contribution >= 4 is 11.3 Å². The maximum Gasteiger partial charge on any atom is 0.113 e. The second-order valence-corrected chi connectivity index (χ2v) is 6.12. The minimum atomic E-state index is 0.561. The minimum Gasteiger partial charge on any atom is -0.337 e. The molecule has 0 aliphatic carbocycles. The number of nitrogens with zero attached hydrogens (tertiary/aromatic N) is 4. The monoisotopic (exact) mass is 276 g/mol. The Bertz CT molecular complexity index is 532. The predicted molar refractivity (Wildman–Crippen MR) is 77.3 cm³/mol. The first-order valence-electron chi connectivity index (χ1n) is 6.81. The number of hydrogen-bond acceptors (Lipinski definition) is 4. The Balaban J connectivity index is 1.69. The van der Waals surface area contributed by atoms with Crippen molar-refractivity contribution in [2.75, 3.05) is 13.1 Å². The average Bonchev–Trinajstić information content (AvgIpc) is 2.99. The van der Waals surface area contributed by atoms with E-state index in [-0.39, 0.29) is 0 Å². The molecule has 19 heavy (non-hydrogen) atoms. The molecular formula is C14H20N4S. The summed E-state index contributed by atoms with van der Waals surface area (Å²) in [6.45, 7) is 5.32. The third-order valence-corrected chi connectivity index (χ3v) is 4.41. The largest absolute Gasteiger partial charge is 0.337 e. The van der Waals surface area contributed by atoms with Crippen LogP contribution in [0.15, 0.2) is 17.1 Å². The lowest BCUT2D eigenvalue weighted by Crippen LogP contribution is -2.34. The standard InChI is InChI=1S/C14H20N4S/c1-11-6-17(2)14(16-11)12-4-3-5-18(7-12)8-13-9-19-10-15-13/h6,9-10,12H,3-5,7-8H2,1-2H3/t12-/m1/s1. The summed E-state index contributed by atoms with van der Waals surface area (Å²) in [5.74, 6) is 1.80. The first-order chi connectivity index (χ1) is 9.22. The van der Waals surface area contributed by atoms with Gasteiger partial charge in [-0.05, 0) is 26.3 Å². The Morgan fingerprint density at radius 3 is 3.05 bits per heavy atom. The van der Waals surface area contributed by atoms with E-state index in [4.69, 9.17) is 0 Å². The molecule has 1 aliphatic heterocycles. The van der Waals surface area contributed by atoms with E-state index in [1.807, 2.05) is 5.51 Å². The van der Waals surface area contributed by atoms with Gasteiger partial charge in [0.15, 0.2) is 0 Å². The molecule has 1 atom stereocenters. The van der Waals surface area contributed by atoms with Crippen LogP contribution in [0.4, 0.5) is 0 Å². The molecule has 2 aromatic heterocycles. The van der Waals surface area contributed by atoms with Crippen molar-refractivity contribution in [2.45, 2.75) is 32.2 Å². The van der Waals surface area contributed by atoms with Gasteiger partial charge in [0.05, 0.1) is 16.9 Å². The summed E-state index contributed by atoms with van der Waals surface area (Å²) in [5, 5.41) is 2.15. The Morgan fingerprint density at radius 1 is 1.47 bits per heavy atom. The molecule has 3 heterocycles. The predicted octanol–water partition coefficient (Wildman–Crippen LogP) is 2.56. The molecule has 5 heteroatoms. The SMILES string of the molecule is Cc1cn(C)c([C@@H]2CCCN(Cc3cscn3)C2)n1. The van der Waals surface area contributed by atoms with Gasteiger partial charge in [0.2, 0.25) is 0 Å². The van der Waals surface area contributed by atoms with Gasteiger partial charge in [-0.3, -0.25) is 4.90 Å². The maximum atomic E-state index is 4.69. The number of rotatable bonds is 3. The zero-order valence-electron chi connectivity index (χ0n) is 11.5. The van der Waals surface area contributed by atoms with Crippen LogP contribution in [0, 0.1) is 6.92 Å². The maximum absolute atomic E-state index is 4.69. The van der Waals surface area contributed by atoms with Gasteiger partial charge >= 0.3 is 0 Å². The average molecular weight is 276 g/mol. The van der Waals surface area contributed by atoms with Gasteiger partial charge in [-0.25, -0.2) is 9.97 Å². The van der Waals surface area contributed by atoms with E-state index >= 15 is 0 Å². The van der Waals surface area contributed by atoms with E-state index < -0.39 is 0 Å². The second-order valence-electron chi connectivity index (χ2n) is 5.41. The summed E-state index contributed by atoms with van der Waals surface area (Å²) >= 11 is 1.68. The summed E-state index contributed by atoms with van der Waals surface area (Å²) < 4.78 is 2.19. The van der Waals surface area contributed by atoms with Crippen LogP contribution in [-0.4, -0.2) is 32.5 Å². The van der Waals surface area contributed by atoms with Gasteiger partial charge in [-0.2, -0.15) is 0 Å². The van der Waals surface area contributed by atoms with Gasteiger partial charge in [0, 0.05) is 37.6 Å². The number of thiazole rings is 1. The first kappa shape index (κ1) is 12.8. The molecule has 0 radical (unpaired) electrons.